The monoisotopic (exact) mass is 564 g/mol. The molecule has 2 aromatic heterocycles. The number of rotatable bonds is 8. The van der Waals surface area contributed by atoms with Crippen molar-refractivity contribution in [3.8, 4) is 28.6 Å². The fourth-order valence-corrected chi connectivity index (χ4v) is 4.94. The second kappa shape index (κ2) is 10.2. The number of aromatic nitrogens is 2. The smallest absolute Gasteiger partial charge is 0.341 e. The molecular formula is C29H19Cl2FN2O5. The molecule has 0 radical (unpaired) electrons. The molecule has 7 nitrogen and oxygen atoms in total. The quantitative estimate of drug-likeness (QED) is 0.202. The van der Waals surface area contributed by atoms with E-state index in [9.17, 15) is 9.90 Å². The van der Waals surface area contributed by atoms with Crippen molar-refractivity contribution in [1.82, 2.24) is 10.1 Å². The maximum absolute atomic E-state index is 15.7. The summed E-state index contributed by atoms with van der Waals surface area (Å²) in [7, 11) is 0. The Hall–Kier alpha value is -4.14. The van der Waals surface area contributed by atoms with Crippen LogP contribution in [0.3, 0.4) is 0 Å². The summed E-state index contributed by atoms with van der Waals surface area (Å²) in [4.78, 5) is 15.5. The maximum atomic E-state index is 15.7. The molecule has 0 aliphatic heterocycles. The van der Waals surface area contributed by atoms with Gasteiger partial charge in [-0.3, -0.25) is 0 Å². The van der Waals surface area contributed by atoms with Crippen molar-refractivity contribution in [3.63, 3.8) is 0 Å². The average molecular weight is 565 g/mol. The lowest BCUT2D eigenvalue weighted by atomic mass is 10.0. The van der Waals surface area contributed by atoms with Gasteiger partial charge in [-0.05, 0) is 60.7 Å². The van der Waals surface area contributed by atoms with E-state index in [0.29, 0.717) is 38.0 Å². The Labute approximate surface area is 231 Å². The number of hydrogen-bond acceptors (Lipinski definition) is 6. The number of halogens is 3. The first-order chi connectivity index (χ1) is 18.9. The Balaban J connectivity index is 1.32. The SMILES string of the molecule is O=C(O)c1cccnc1Oc1ccc2ccc(OCc3c(-c4c(Cl)cccc4Cl)noc3C3CC3)c(F)c2c1. The Morgan fingerprint density at radius 2 is 1.85 bits per heavy atom. The average Bonchev–Trinajstić information content (AvgIpc) is 3.69. The van der Waals surface area contributed by atoms with Crippen LogP contribution in [0.2, 0.25) is 10.0 Å². The van der Waals surface area contributed by atoms with Crippen molar-refractivity contribution in [3.05, 3.63) is 99.6 Å². The summed E-state index contributed by atoms with van der Waals surface area (Å²) in [5, 5.41) is 15.3. The highest BCUT2D eigenvalue weighted by atomic mass is 35.5. The van der Waals surface area contributed by atoms with Gasteiger partial charge in [0.1, 0.15) is 29.4 Å². The first-order valence-corrected chi connectivity index (χ1v) is 12.8. The number of aromatic carboxylic acids is 1. The Morgan fingerprint density at radius 3 is 2.59 bits per heavy atom. The molecule has 1 saturated carbocycles. The van der Waals surface area contributed by atoms with Gasteiger partial charge in [0.15, 0.2) is 11.6 Å². The van der Waals surface area contributed by atoms with Gasteiger partial charge in [0.2, 0.25) is 5.88 Å². The van der Waals surface area contributed by atoms with Gasteiger partial charge in [0.25, 0.3) is 0 Å². The maximum Gasteiger partial charge on any atom is 0.341 e. The molecule has 1 fully saturated rings. The van der Waals surface area contributed by atoms with E-state index in [0.717, 1.165) is 12.8 Å². The van der Waals surface area contributed by atoms with Crippen molar-refractivity contribution in [2.75, 3.05) is 0 Å². The minimum Gasteiger partial charge on any atom is -0.486 e. The third kappa shape index (κ3) is 4.89. The summed E-state index contributed by atoms with van der Waals surface area (Å²) in [6.07, 6.45) is 3.34. The summed E-state index contributed by atoms with van der Waals surface area (Å²) < 4.78 is 33.0. The van der Waals surface area contributed by atoms with Crippen LogP contribution in [0.15, 0.2) is 71.4 Å². The third-order valence-electron chi connectivity index (χ3n) is 6.45. The number of carboxylic acid groups (broad SMARTS) is 1. The summed E-state index contributed by atoms with van der Waals surface area (Å²) in [6, 6.07) is 16.1. The molecule has 5 aromatic rings. The van der Waals surface area contributed by atoms with Crippen LogP contribution in [0.25, 0.3) is 22.0 Å². The van der Waals surface area contributed by atoms with E-state index in [-0.39, 0.29) is 40.9 Å². The van der Waals surface area contributed by atoms with Gasteiger partial charge in [-0.2, -0.15) is 0 Å². The first-order valence-electron chi connectivity index (χ1n) is 12.0. The molecular weight excluding hydrogens is 546 g/mol. The van der Waals surface area contributed by atoms with E-state index in [1.54, 1.807) is 42.5 Å². The second-order valence-electron chi connectivity index (χ2n) is 9.06. The van der Waals surface area contributed by atoms with Gasteiger partial charge in [0.05, 0.1) is 15.6 Å². The summed E-state index contributed by atoms with van der Waals surface area (Å²) in [5.74, 6) is -0.731. The Kier molecular flexibility index (Phi) is 6.58. The van der Waals surface area contributed by atoms with Gasteiger partial charge < -0.3 is 19.1 Å². The normalized spacial score (nSPS) is 13.0. The number of benzene rings is 3. The Bertz CT molecular complexity index is 1710. The van der Waals surface area contributed by atoms with E-state index in [1.165, 1.54) is 24.4 Å². The van der Waals surface area contributed by atoms with Gasteiger partial charge in [0, 0.05) is 23.1 Å². The lowest BCUT2D eigenvalue weighted by Gasteiger charge is -2.12. The lowest BCUT2D eigenvalue weighted by Crippen LogP contribution is -2.02. The van der Waals surface area contributed by atoms with Crippen LogP contribution in [-0.4, -0.2) is 21.2 Å². The van der Waals surface area contributed by atoms with Gasteiger partial charge in [-0.25, -0.2) is 14.2 Å². The van der Waals surface area contributed by atoms with Crippen molar-refractivity contribution in [1.29, 1.82) is 0 Å². The highest BCUT2D eigenvalue weighted by Gasteiger charge is 2.34. The van der Waals surface area contributed by atoms with Crippen LogP contribution in [0.4, 0.5) is 4.39 Å². The molecule has 196 valence electrons. The van der Waals surface area contributed by atoms with Crippen molar-refractivity contribution in [2.24, 2.45) is 0 Å². The molecule has 0 spiro atoms. The molecule has 2 heterocycles. The number of fused-ring (bicyclic) bond motifs is 1. The predicted octanol–water partition coefficient (Wildman–Crippen LogP) is 8.28. The Morgan fingerprint density at radius 1 is 1.08 bits per heavy atom. The van der Waals surface area contributed by atoms with E-state index >= 15 is 4.39 Å². The first kappa shape index (κ1) is 25.2. The zero-order valence-electron chi connectivity index (χ0n) is 20.2. The number of hydrogen-bond donors (Lipinski definition) is 1. The minimum absolute atomic E-state index is 0.0132. The molecule has 3 aromatic carbocycles. The number of nitrogens with zero attached hydrogens (tertiary/aromatic N) is 2. The van der Waals surface area contributed by atoms with Gasteiger partial charge in [-0.1, -0.05) is 46.6 Å². The van der Waals surface area contributed by atoms with Crippen LogP contribution in [0.5, 0.6) is 17.4 Å². The van der Waals surface area contributed by atoms with Crippen LogP contribution in [-0.2, 0) is 6.61 Å². The molecule has 0 amide bonds. The predicted molar refractivity (Wildman–Crippen MR) is 143 cm³/mol. The van der Waals surface area contributed by atoms with E-state index < -0.39 is 11.8 Å². The van der Waals surface area contributed by atoms with Gasteiger partial charge >= 0.3 is 5.97 Å². The molecule has 0 unspecified atom stereocenters. The molecule has 0 atom stereocenters. The highest BCUT2D eigenvalue weighted by molar-refractivity contribution is 6.39. The fourth-order valence-electron chi connectivity index (χ4n) is 4.36. The number of carbonyl (C=O) groups is 1. The topological polar surface area (TPSA) is 94.7 Å². The highest BCUT2D eigenvalue weighted by Crippen LogP contribution is 2.46. The van der Waals surface area contributed by atoms with Gasteiger partial charge in [-0.15, -0.1) is 0 Å². The van der Waals surface area contributed by atoms with Crippen LogP contribution >= 0.6 is 23.2 Å². The number of carboxylic acids is 1. The molecule has 10 heteroatoms. The lowest BCUT2D eigenvalue weighted by molar-refractivity contribution is 0.0693. The third-order valence-corrected chi connectivity index (χ3v) is 7.08. The van der Waals surface area contributed by atoms with Crippen molar-refractivity contribution >= 4 is 39.9 Å². The molecule has 1 N–H and O–H groups in total. The zero-order chi connectivity index (χ0) is 27.1. The number of ether oxygens (including phenoxy) is 2. The second-order valence-corrected chi connectivity index (χ2v) is 9.87. The summed E-state index contributed by atoms with van der Waals surface area (Å²) in [5.41, 5.74) is 1.56. The van der Waals surface area contributed by atoms with Crippen LogP contribution in [0.1, 0.15) is 40.4 Å². The molecule has 39 heavy (non-hydrogen) atoms. The standard InChI is InChI=1S/C29H19Cl2FN2O5/c30-21-4-1-5-22(31)24(21)26-20(27(39-34-26)16-6-7-16)14-37-23-11-9-15-8-10-17(13-19(15)25(23)32)38-28-18(29(35)36)3-2-12-33-28/h1-5,8-13,16H,6-7,14H2,(H,35,36). The largest absolute Gasteiger partial charge is 0.486 e. The molecule has 6 rings (SSSR count). The fraction of sp³-hybridized carbons (Fsp3) is 0.138. The van der Waals surface area contributed by atoms with Crippen LogP contribution in [0, 0.1) is 5.82 Å². The molecule has 0 saturated heterocycles. The summed E-state index contributed by atoms with van der Waals surface area (Å²) >= 11 is 12.9. The van der Waals surface area contributed by atoms with E-state index in [4.69, 9.17) is 37.2 Å². The molecule has 1 aliphatic rings. The van der Waals surface area contributed by atoms with E-state index in [2.05, 4.69) is 10.1 Å². The molecule has 1 aliphatic carbocycles. The van der Waals surface area contributed by atoms with Crippen LogP contribution < -0.4 is 9.47 Å². The molecule has 0 bridgehead atoms. The van der Waals surface area contributed by atoms with Crippen molar-refractivity contribution < 1.29 is 28.3 Å². The van der Waals surface area contributed by atoms with E-state index in [1.807, 2.05) is 0 Å². The van der Waals surface area contributed by atoms with Crippen molar-refractivity contribution in [2.45, 2.75) is 25.4 Å². The summed E-state index contributed by atoms with van der Waals surface area (Å²) in [6.45, 7) is -0.0132. The number of pyridine rings is 1. The zero-order valence-corrected chi connectivity index (χ0v) is 21.7. The minimum atomic E-state index is -1.18.